The van der Waals surface area contributed by atoms with E-state index in [9.17, 15) is 0 Å². The summed E-state index contributed by atoms with van der Waals surface area (Å²) in [5.41, 5.74) is 3.27. The second kappa shape index (κ2) is 5.85. The van der Waals surface area contributed by atoms with Crippen LogP contribution in [0.15, 0.2) is 23.4 Å². The Morgan fingerprint density at radius 1 is 1.42 bits per heavy atom. The van der Waals surface area contributed by atoms with Crippen molar-refractivity contribution in [3.05, 3.63) is 29.3 Å². The van der Waals surface area contributed by atoms with E-state index in [1.165, 1.54) is 11.8 Å². The second-order valence-electron chi connectivity index (χ2n) is 4.50. The van der Waals surface area contributed by atoms with Crippen LogP contribution in [0.4, 0.5) is 0 Å². The molecule has 0 spiro atoms. The molecule has 1 aromatic carbocycles. The van der Waals surface area contributed by atoms with Crippen molar-refractivity contribution >= 4 is 11.8 Å². The smallest absolute Gasteiger partial charge is 0.198 e. The number of tetrazole rings is 1. The van der Waals surface area contributed by atoms with Crippen LogP contribution in [0.3, 0.4) is 0 Å². The molecule has 0 amide bonds. The summed E-state index contributed by atoms with van der Waals surface area (Å²) in [6.45, 7) is 5.96. The van der Waals surface area contributed by atoms with Crippen molar-refractivity contribution in [2.45, 2.75) is 25.9 Å². The maximum atomic E-state index is 8.81. The van der Waals surface area contributed by atoms with Crippen molar-refractivity contribution in [1.29, 1.82) is 5.26 Å². The molecule has 0 fully saturated rings. The molecule has 6 heteroatoms. The number of hydrogen-bond donors (Lipinski definition) is 0. The van der Waals surface area contributed by atoms with Crippen LogP contribution >= 0.6 is 11.8 Å². The average molecular weight is 273 g/mol. The number of benzene rings is 1. The molecule has 1 heterocycles. The largest absolute Gasteiger partial charge is 0.214 e. The number of nitriles is 1. The zero-order chi connectivity index (χ0) is 13.8. The molecule has 0 aliphatic heterocycles. The van der Waals surface area contributed by atoms with E-state index in [0.717, 1.165) is 22.0 Å². The Bertz CT molecular complexity index is 614. The van der Waals surface area contributed by atoms with E-state index < -0.39 is 0 Å². The van der Waals surface area contributed by atoms with Gasteiger partial charge in [-0.2, -0.15) is 9.94 Å². The van der Waals surface area contributed by atoms with Crippen LogP contribution in [-0.4, -0.2) is 26.0 Å². The Morgan fingerprint density at radius 2 is 2.21 bits per heavy atom. The van der Waals surface area contributed by atoms with Crippen molar-refractivity contribution in [1.82, 2.24) is 20.2 Å². The highest BCUT2D eigenvalue weighted by molar-refractivity contribution is 7.99. The predicted molar refractivity (Wildman–Crippen MR) is 74.1 cm³/mol. The summed E-state index contributed by atoms with van der Waals surface area (Å²) in [6.07, 6.45) is 0. The van der Waals surface area contributed by atoms with E-state index in [4.69, 9.17) is 5.26 Å². The first-order chi connectivity index (χ1) is 9.11. The van der Waals surface area contributed by atoms with Crippen LogP contribution in [0, 0.1) is 31.1 Å². The van der Waals surface area contributed by atoms with Gasteiger partial charge in [0.15, 0.2) is 0 Å². The minimum absolute atomic E-state index is 0.0197. The van der Waals surface area contributed by atoms with Gasteiger partial charge in [-0.3, -0.25) is 0 Å². The van der Waals surface area contributed by atoms with Gasteiger partial charge < -0.3 is 0 Å². The Kier molecular flexibility index (Phi) is 4.17. The van der Waals surface area contributed by atoms with Gasteiger partial charge in [0.05, 0.1) is 17.7 Å². The van der Waals surface area contributed by atoms with Gasteiger partial charge in [-0.15, -0.1) is 5.10 Å². The molecule has 0 radical (unpaired) electrons. The zero-order valence-corrected chi connectivity index (χ0v) is 12.0. The fraction of sp³-hybridized carbons (Fsp3) is 0.385. The summed E-state index contributed by atoms with van der Waals surface area (Å²) in [6, 6.07) is 8.38. The van der Waals surface area contributed by atoms with Crippen molar-refractivity contribution in [3.63, 3.8) is 0 Å². The van der Waals surface area contributed by atoms with Gasteiger partial charge in [-0.05, 0) is 48.4 Å². The molecule has 0 unspecified atom stereocenters. The first kappa shape index (κ1) is 13.6. The van der Waals surface area contributed by atoms with Gasteiger partial charge >= 0.3 is 0 Å². The molecule has 0 bridgehead atoms. The van der Waals surface area contributed by atoms with Crippen LogP contribution in [0.25, 0.3) is 5.69 Å². The molecule has 0 N–H and O–H groups in total. The Morgan fingerprint density at radius 3 is 2.95 bits per heavy atom. The second-order valence-corrected chi connectivity index (χ2v) is 5.49. The van der Waals surface area contributed by atoms with E-state index in [1.807, 2.05) is 20.8 Å². The van der Waals surface area contributed by atoms with E-state index in [0.29, 0.717) is 5.75 Å². The van der Waals surface area contributed by atoms with Crippen molar-refractivity contribution in [2.75, 3.05) is 5.75 Å². The lowest BCUT2D eigenvalue weighted by Gasteiger charge is -2.08. The maximum Gasteiger partial charge on any atom is 0.214 e. The molecule has 2 aromatic rings. The minimum atomic E-state index is -0.0197. The molecule has 5 nitrogen and oxygen atoms in total. The van der Waals surface area contributed by atoms with Crippen LogP contribution < -0.4 is 0 Å². The Hall–Kier alpha value is -1.87. The summed E-state index contributed by atoms with van der Waals surface area (Å²) in [7, 11) is 0. The van der Waals surface area contributed by atoms with Gasteiger partial charge in [0, 0.05) is 5.75 Å². The van der Waals surface area contributed by atoms with E-state index >= 15 is 0 Å². The normalized spacial score (nSPS) is 12.1. The van der Waals surface area contributed by atoms with Gasteiger partial charge in [0.1, 0.15) is 0 Å². The van der Waals surface area contributed by atoms with Crippen molar-refractivity contribution in [2.24, 2.45) is 5.92 Å². The molecule has 1 aromatic heterocycles. The topological polar surface area (TPSA) is 67.4 Å². The molecular formula is C13H15N5S. The van der Waals surface area contributed by atoms with Gasteiger partial charge in [-0.1, -0.05) is 23.9 Å². The maximum absolute atomic E-state index is 8.81. The van der Waals surface area contributed by atoms with Crippen LogP contribution in [0.2, 0.25) is 0 Å². The third-order valence-corrected chi connectivity index (χ3v) is 3.90. The molecule has 0 aliphatic rings. The fourth-order valence-electron chi connectivity index (χ4n) is 1.60. The predicted octanol–water partition coefficient (Wildman–Crippen LogP) is 2.53. The highest BCUT2D eigenvalue weighted by atomic mass is 32.2. The SMILES string of the molecule is Cc1ccc(C)c(-n2nnnc2SC[C@@H](C)C#N)c1. The molecule has 2 rings (SSSR count). The highest BCUT2D eigenvalue weighted by Crippen LogP contribution is 2.22. The number of rotatable bonds is 4. The van der Waals surface area contributed by atoms with Gasteiger partial charge in [-0.25, -0.2) is 0 Å². The molecule has 0 saturated carbocycles. The lowest BCUT2D eigenvalue weighted by Crippen LogP contribution is -2.03. The highest BCUT2D eigenvalue weighted by Gasteiger charge is 2.12. The van der Waals surface area contributed by atoms with E-state index in [2.05, 4.69) is 39.8 Å². The summed E-state index contributed by atoms with van der Waals surface area (Å²) in [5, 5.41) is 21.3. The summed E-state index contributed by atoms with van der Waals surface area (Å²) >= 11 is 1.50. The molecule has 19 heavy (non-hydrogen) atoms. The van der Waals surface area contributed by atoms with Crippen molar-refractivity contribution in [3.8, 4) is 11.8 Å². The summed E-state index contributed by atoms with van der Waals surface area (Å²) in [5.74, 6) is 0.663. The number of hydrogen-bond acceptors (Lipinski definition) is 5. The summed E-state index contributed by atoms with van der Waals surface area (Å²) < 4.78 is 1.73. The average Bonchev–Trinajstić information content (AvgIpc) is 2.87. The van der Waals surface area contributed by atoms with Crippen molar-refractivity contribution < 1.29 is 0 Å². The Labute approximate surface area is 116 Å². The van der Waals surface area contributed by atoms with E-state index in [-0.39, 0.29) is 5.92 Å². The molecule has 0 aliphatic carbocycles. The number of aryl methyl sites for hydroxylation is 2. The fourth-order valence-corrected chi connectivity index (χ4v) is 2.43. The molecule has 0 saturated heterocycles. The van der Waals surface area contributed by atoms with Gasteiger partial charge in [0.2, 0.25) is 5.16 Å². The molecule has 1 atom stereocenters. The number of aromatic nitrogens is 4. The Balaban J connectivity index is 2.29. The molecule has 98 valence electrons. The van der Waals surface area contributed by atoms with Crippen LogP contribution in [0.1, 0.15) is 18.1 Å². The lowest BCUT2D eigenvalue weighted by molar-refractivity contribution is 0.749. The first-order valence-corrected chi connectivity index (χ1v) is 6.99. The first-order valence-electron chi connectivity index (χ1n) is 6.00. The monoisotopic (exact) mass is 273 g/mol. The third-order valence-electron chi connectivity index (χ3n) is 2.72. The lowest BCUT2D eigenvalue weighted by atomic mass is 10.1. The van der Waals surface area contributed by atoms with E-state index in [1.54, 1.807) is 4.68 Å². The quantitative estimate of drug-likeness (QED) is 0.801. The zero-order valence-electron chi connectivity index (χ0n) is 11.2. The minimum Gasteiger partial charge on any atom is -0.198 e. The van der Waals surface area contributed by atoms with Crippen LogP contribution in [0.5, 0.6) is 0 Å². The van der Waals surface area contributed by atoms with Crippen LogP contribution in [-0.2, 0) is 0 Å². The standard InChI is InChI=1S/C13H15N5S/c1-9-4-5-11(3)12(6-9)18-13(15-16-17-18)19-8-10(2)7-14/h4-6,10H,8H2,1-3H3/t10-/m0/s1. The van der Waals surface area contributed by atoms with Gasteiger partial charge in [0.25, 0.3) is 0 Å². The molecular weight excluding hydrogens is 258 g/mol. The third kappa shape index (κ3) is 3.12. The summed E-state index contributed by atoms with van der Waals surface area (Å²) in [4.78, 5) is 0. The number of thioether (sulfide) groups is 1. The number of nitrogens with zero attached hydrogens (tertiary/aromatic N) is 5.